The van der Waals surface area contributed by atoms with Crippen LogP contribution in [0.15, 0.2) is 0 Å². The van der Waals surface area contributed by atoms with Crippen LogP contribution in [0.5, 0.6) is 0 Å². The fraction of sp³-hybridized carbons (Fsp3) is 0.875. The molecule has 0 bridgehead atoms. The highest BCUT2D eigenvalue weighted by Gasteiger charge is 2.16. The Kier molecular flexibility index (Phi) is 3.88. The van der Waals surface area contributed by atoms with Crippen molar-refractivity contribution >= 4 is 17.7 Å². The first-order valence-corrected chi connectivity index (χ1v) is 5.29. The lowest BCUT2D eigenvalue weighted by Crippen LogP contribution is -2.40. The number of hydrogen-bond donors (Lipinski definition) is 1. The molecular weight excluding hydrogens is 172 g/mol. The van der Waals surface area contributed by atoms with Crippen LogP contribution in [-0.2, 0) is 4.79 Å². The lowest BCUT2D eigenvalue weighted by atomic mass is 10.3. The van der Waals surface area contributed by atoms with Crippen LogP contribution in [0.3, 0.4) is 0 Å². The summed E-state index contributed by atoms with van der Waals surface area (Å²) in [5, 5.41) is 3.90. The number of nitrogens with zero attached hydrogens (tertiary/aromatic N) is 1. The maximum absolute atomic E-state index is 10.9. The normalized spacial score (nSPS) is 23.7. The standard InChI is InChI=1S/C8H16N2OS/c1-7(11)10(2)6-8-5-9-3-4-12-8/h8-9H,3-6H2,1-2H3. The van der Waals surface area contributed by atoms with E-state index in [1.165, 1.54) is 0 Å². The van der Waals surface area contributed by atoms with Crippen molar-refractivity contribution in [2.45, 2.75) is 12.2 Å². The largest absolute Gasteiger partial charge is 0.345 e. The summed E-state index contributed by atoms with van der Waals surface area (Å²) in [5.41, 5.74) is 0. The van der Waals surface area contributed by atoms with Crippen molar-refractivity contribution in [3.05, 3.63) is 0 Å². The van der Waals surface area contributed by atoms with E-state index in [4.69, 9.17) is 0 Å². The monoisotopic (exact) mass is 188 g/mol. The van der Waals surface area contributed by atoms with E-state index in [0.717, 1.165) is 25.4 Å². The topological polar surface area (TPSA) is 32.3 Å². The minimum atomic E-state index is 0.154. The smallest absolute Gasteiger partial charge is 0.219 e. The molecule has 1 aliphatic heterocycles. The number of amides is 1. The molecule has 3 nitrogen and oxygen atoms in total. The van der Waals surface area contributed by atoms with Crippen LogP contribution in [-0.4, -0.2) is 48.5 Å². The van der Waals surface area contributed by atoms with Gasteiger partial charge in [0.05, 0.1) is 0 Å². The van der Waals surface area contributed by atoms with Crippen molar-refractivity contribution in [2.24, 2.45) is 0 Å². The van der Waals surface area contributed by atoms with Gasteiger partial charge in [-0.1, -0.05) is 0 Å². The molecule has 1 amide bonds. The molecule has 12 heavy (non-hydrogen) atoms. The minimum Gasteiger partial charge on any atom is -0.345 e. The van der Waals surface area contributed by atoms with E-state index < -0.39 is 0 Å². The second-order valence-corrected chi connectivity index (χ2v) is 4.50. The van der Waals surface area contributed by atoms with Crippen LogP contribution in [0.1, 0.15) is 6.92 Å². The molecule has 1 fully saturated rings. The summed E-state index contributed by atoms with van der Waals surface area (Å²) >= 11 is 1.95. The quantitative estimate of drug-likeness (QED) is 0.670. The zero-order chi connectivity index (χ0) is 8.97. The van der Waals surface area contributed by atoms with Gasteiger partial charge < -0.3 is 10.2 Å². The average Bonchev–Trinajstić information content (AvgIpc) is 2.06. The first-order valence-electron chi connectivity index (χ1n) is 4.24. The fourth-order valence-corrected chi connectivity index (χ4v) is 2.33. The zero-order valence-corrected chi connectivity index (χ0v) is 8.49. The summed E-state index contributed by atoms with van der Waals surface area (Å²) in [7, 11) is 1.86. The fourth-order valence-electron chi connectivity index (χ4n) is 1.17. The van der Waals surface area contributed by atoms with Gasteiger partial charge in [-0.15, -0.1) is 0 Å². The van der Waals surface area contributed by atoms with Crippen molar-refractivity contribution in [2.75, 3.05) is 32.4 Å². The van der Waals surface area contributed by atoms with Crippen LogP contribution in [0.2, 0.25) is 0 Å². The van der Waals surface area contributed by atoms with Gasteiger partial charge in [0.1, 0.15) is 0 Å². The van der Waals surface area contributed by atoms with Gasteiger partial charge in [0.2, 0.25) is 5.91 Å². The van der Waals surface area contributed by atoms with Crippen LogP contribution in [0, 0.1) is 0 Å². The Morgan fingerprint density at radius 2 is 2.50 bits per heavy atom. The Bertz CT molecular complexity index is 157. The third-order valence-corrected chi connectivity index (χ3v) is 3.25. The zero-order valence-electron chi connectivity index (χ0n) is 7.67. The molecule has 1 unspecified atom stereocenters. The maximum Gasteiger partial charge on any atom is 0.219 e. The number of nitrogens with one attached hydrogen (secondary N) is 1. The molecule has 1 heterocycles. The summed E-state index contributed by atoms with van der Waals surface area (Å²) in [6.45, 7) is 4.61. The summed E-state index contributed by atoms with van der Waals surface area (Å²) in [6.07, 6.45) is 0. The molecule has 1 atom stereocenters. The Balaban J connectivity index is 2.24. The lowest BCUT2D eigenvalue weighted by Gasteiger charge is -2.26. The van der Waals surface area contributed by atoms with Crippen molar-refractivity contribution in [1.82, 2.24) is 10.2 Å². The van der Waals surface area contributed by atoms with E-state index in [-0.39, 0.29) is 5.91 Å². The van der Waals surface area contributed by atoms with Gasteiger partial charge in [-0.05, 0) is 0 Å². The molecule has 4 heteroatoms. The number of thioether (sulfide) groups is 1. The number of carbonyl (C=O) groups is 1. The van der Waals surface area contributed by atoms with Crippen LogP contribution >= 0.6 is 11.8 Å². The van der Waals surface area contributed by atoms with E-state index in [1.54, 1.807) is 11.8 Å². The van der Waals surface area contributed by atoms with Gasteiger partial charge in [0, 0.05) is 44.6 Å². The van der Waals surface area contributed by atoms with Crippen molar-refractivity contribution in [3.63, 3.8) is 0 Å². The highest BCUT2D eigenvalue weighted by molar-refractivity contribution is 8.00. The molecule has 0 aromatic rings. The van der Waals surface area contributed by atoms with E-state index in [2.05, 4.69) is 5.32 Å². The molecule has 70 valence electrons. The van der Waals surface area contributed by atoms with E-state index >= 15 is 0 Å². The van der Waals surface area contributed by atoms with E-state index in [1.807, 2.05) is 18.8 Å². The van der Waals surface area contributed by atoms with Crippen LogP contribution in [0.25, 0.3) is 0 Å². The van der Waals surface area contributed by atoms with Crippen molar-refractivity contribution in [3.8, 4) is 0 Å². The van der Waals surface area contributed by atoms with Gasteiger partial charge in [-0.25, -0.2) is 0 Å². The van der Waals surface area contributed by atoms with Crippen LogP contribution < -0.4 is 5.32 Å². The lowest BCUT2D eigenvalue weighted by molar-refractivity contribution is -0.127. The molecule has 1 saturated heterocycles. The molecule has 1 rings (SSSR count). The molecule has 0 spiro atoms. The van der Waals surface area contributed by atoms with Gasteiger partial charge in [-0.3, -0.25) is 4.79 Å². The number of carbonyl (C=O) groups excluding carboxylic acids is 1. The van der Waals surface area contributed by atoms with Gasteiger partial charge in [0.25, 0.3) is 0 Å². The molecule has 1 N–H and O–H groups in total. The van der Waals surface area contributed by atoms with Gasteiger partial charge in [-0.2, -0.15) is 11.8 Å². The van der Waals surface area contributed by atoms with Crippen molar-refractivity contribution < 1.29 is 4.79 Å². The molecule has 0 saturated carbocycles. The van der Waals surface area contributed by atoms with E-state index in [9.17, 15) is 4.79 Å². The third kappa shape index (κ3) is 3.03. The van der Waals surface area contributed by atoms with E-state index in [0.29, 0.717) is 5.25 Å². The average molecular weight is 188 g/mol. The molecule has 0 radical (unpaired) electrons. The molecule has 0 aliphatic carbocycles. The van der Waals surface area contributed by atoms with Crippen molar-refractivity contribution in [1.29, 1.82) is 0 Å². The third-order valence-electron chi connectivity index (χ3n) is 2.02. The summed E-state index contributed by atoms with van der Waals surface area (Å²) in [4.78, 5) is 12.7. The first kappa shape index (κ1) is 9.86. The summed E-state index contributed by atoms with van der Waals surface area (Å²) in [6, 6.07) is 0. The SMILES string of the molecule is CC(=O)N(C)CC1CNCCS1. The highest BCUT2D eigenvalue weighted by atomic mass is 32.2. The Labute approximate surface area is 77.9 Å². The van der Waals surface area contributed by atoms with Crippen LogP contribution in [0.4, 0.5) is 0 Å². The minimum absolute atomic E-state index is 0.154. The molecule has 0 aromatic heterocycles. The second kappa shape index (κ2) is 4.72. The second-order valence-electron chi connectivity index (χ2n) is 3.10. The molecule has 0 aromatic carbocycles. The number of rotatable bonds is 2. The van der Waals surface area contributed by atoms with Gasteiger partial charge in [0.15, 0.2) is 0 Å². The Hall–Kier alpha value is -0.220. The highest BCUT2D eigenvalue weighted by Crippen LogP contribution is 2.13. The predicted octanol–water partition coefficient (Wildman–Crippen LogP) is 0.170. The summed E-state index contributed by atoms with van der Waals surface area (Å²) < 4.78 is 0. The number of hydrogen-bond acceptors (Lipinski definition) is 3. The first-order chi connectivity index (χ1) is 5.70. The van der Waals surface area contributed by atoms with Gasteiger partial charge >= 0.3 is 0 Å². The maximum atomic E-state index is 10.9. The Morgan fingerprint density at radius 3 is 3.00 bits per heavy atom. The Morgan fingerprint density at radius 1 is 1.75 bits per heavy atom. The molecule has 1 aliphatic rings. The predicted molar refractivity (Wildman–Crippen MR) is 52.4 cm³/mol. The molecular formula is C8H16N2OS. The summed E-state index contributed by atoms with van der Waals surface area (Å²) in [5.74, 6) is 1.32.